The molecule has 0 spiro atoms. The highest BCUT2D eigenvalue weighted by Gasteiger charge is 2.12. The fourth-order valence-corrected chi connectivity index (χ4v) is 1.55. The second-order valence-corrected chi connectivity index (χ2v) is 3.47. The molecule has 0 aliphatic heterocycles. The highest BCUT2D eigenvalue weighted by molar-refractivity contribution is 6.31. The Morgan fingerprint density at radius 1 is 1.67 bits per heavy atom. The molecule has 1 rings (SSSR count). The van der Waals surface area contributed by atoms with Crippen molar-refractivity contribution in [3.63, 3.8) is 0 Å². The Morgan fingerprint density at radius 2 is 2.40 bits per heavy atom. The summed E-state index contributed by atoms with van der Waals surface area (Å²) in [5.41, 5.74) is 0.675. The van der Waals surface area contributed by atoms with Crippen molar-refractivity contribution in [2.75, 3.05) is 7.11 Å². The van der Waals surface area contributed by atoms with Gasteiger partial charge in [-0.05, 0) is 19.3 Å². The molecule has 0 fully saturated rings. The van der Waals surface area contributed by atoms with E-state index in [0.717, 1.165) is 12.8 Å². The van der Waals surface area contributed by atoms with Crippen LogP contribution in [0.25, 0.3) is 0 Å². The Kier molecular flexibility index (Phi) is 4.56. The molecule has 1 aromatic rings. The number of rotatable bonds is 5. The molecule has 0 aliphatic rings. The van der Waals surface area contributed by atoms with E-state index in [9.17, 15) is 4.39 Å². The molecule has 0 aliphatic carbocycles. The largest absolute Gasteiger partial charge is 0.495 e. The van der Waals surface area contributed by atoms with Crippen LogP contribution in [0.5, 0.6) is 5.75 Å². The van der Waals surface area contributed by atoms with Crippen LogP contribution >= 0.6 is 11.6 Å². The lowest BCUT2D eigenvalue weighted by molar-refractivity contribution is 0.404. The highest BCUT2D eigenvalue weighted by Crippen LogP contribution is 2.28. The highest BCUT2D eigenvalue weighted by atomic mass is 35.5. The van der Waals surface area contributed by atoms with E-state index in [1.54, 1.807) is 0 Å². The van der Waals surface area contributed by atoms with Gasteiger partial charge < -0.3 is 4.74 Å². The Labute approximate surface area is 93.7 Å². The second kappa shape index (κ2) is 5.71. The minimum absolute atomic E-state index is 0.0541. The van der Waals surface area contributed by atoms with Crippen LogP contribution in [0.3, 0.4) is 0 Å². The van der Waals surface area contributed by atoms with Crippen molar-refractivity contribution in [1.29, 1.82) is 0 Å². The van der Waals surface area contributed by atoms with Crippen LogP contribution in [0, 0.1) is 5.95 Å². The van der Waals surface area contributed by atoms with Gasteiger partial charge >= 0.3 is 0 Å². The predicted octanol–water partition coefficient (Wildman–Crippen LogP) is 3.39. The van der Waals surface area contributed by atoms with Crippen molar-refractivity contribution in [3.8, 4) is 5.75 Å². The Hall–Kier alpha value is -1.09. The van der Waals surface area contributed by atoms with E-state index >= 15 is 0 Å². The summed E-state index contributed by atoms with van der Waals surface area (Å²) in [6.07, 6.45) is 5.56. The Morgan fingerprint density at radius 3 is 3.00 bits per heavy atom. The van der Waals surface area contributed by atoms with Crippen molar-refractivity contribution < 1.29 is 9.13 Å². The molecule has 0 atom stereocenters. The fraction of sp³-hybridized carbons (Fsp3) is 0.364. The zero-order chi connectivity index (χ0) is 11.3. The molecule has 0 N–H and O–H groups in total. The maximum absolute atomic E-state index is 13.1. The monoisotopic (exact) mass is 229 g/mol. The average molecular weight is 230 g/mol. The third-order valence-corrected chi connectivity index (χ3v) is 2.48. The quantitative estimate of drug-likeness (QED) is 0.439. The summed E-state index contributed by atoms with van der Waals surface area (Å²) in [6, 6.07) is 0. The van der Waals surface area contributed by atoms with Gasteiger partial charge in [-0.1, -0.05) is 17.7 Å². The summed E-state index contributed by atoms with van der Waals surface area (Å²) in [4.78, 5) is 3.49. The van der Waals surface area contributed by atoms with Gasteiger partial charge in [0.1, 0.15) is 10.8 Å². The summed E-state index contributed by atoms with van der Waals surface area (Å²) < 4.78 is 18.2. The first kappa shape index (κ1) is 12.0. The van der Waals surface area contributed by atoms with Crippen LogP contribution in [0.4, 0.5) is 4.39 Å². The van der Waals surface area contributed by atoms with E-state index < -0.39 is 5.95 Å². The third kappa shape index (κ3) is 2.93. The van der Waals surface area contributed by atoms with Crippen LogP contribution in [-0.4, -0.2) is 12.1 Å². The first-order chi connectivity index (χ1) is 7.20. The lowest BCUT2D eigenvalue weighted by Gasteiger charge is -2.09. The molecule has 1 heterocycles. The number of hydrogen-bond donors (Lipinski definition) is 0. The minimum atomic E-state index is -0.647. The molecule has 1 aromatic heterocycles. The molecule has 0 bridgehead atoms. The molecule has 0 saturated heterocycles. The lowest BCUT2D eigenvalue weighted by Crippen LogP contribution is -1.98. The van der Waals surface area contributed by atoms with Crippen LogP contribution < -0.4 is 4.74 Å². The smallest absolute Gasteiger partial charge is 0.232 e. The van der Waals surface area contributed by atoms with E-state index in [1.807, 2.05) is 6.08 Å². The molecular weight excluding hydrogens is 217 g/mol. The van der Waals surface area contributed by atoms with Gasteiger partial charge in [-0.3, -0.25) is 0 Å². The third-order valence-electron chi connectivity index (χ3n) is 2.09. The molecule has 0 unspecified atom stereocenters. The standard InChI is InChI=1S/C11H13ClFNO/c1-3-4-5-6-8-9(15-2)7-14-11(13)10(8)12/h3,7H,1,4-6H2,2H3. The van der Waals surface area contributed by atoms with E-state index in [2.05, 4.69) is 11.6 Å². The number of methoxy groups -OCH3 is 1. The number of aromatic nitrogens is 1. The number of halogens is 2. The number of pyridine rings is 1. The molecule has 0 radical (unpaired) electrons. The predicted molar refractivity (Wildman–Crippen MR) is 58.9 cm³/mol. The summed E-state index contributed by atoms with van der Waals surface area (Å²) in [6.45, 7) is 3.62. The van der Waals surface area contributed by atoms with Gasteiger partial charge in [0.15, 0.2) is 0 Å². The number of nitrogens with zero attached hydrogens (tertiary/aromatic N) is 1. The van der Waals surface area contributed by atoms with Crippen LogP contribution in [0.2, 0.25) is 5.02 Å². The van der Waals surface area contributed by atoms with Gasteiger partial charge in [-0.2, -0.15) is 4.39 Å². The second-order valence-electron chi connectivity index (χ2n) is 3.09. The molecule has 15 heavy (non-hydrogen) atoms. The fourth-order valence-electron chi connectivity index (χ4n) is 1.31. The summed E-state index contributed by atoms with van der Waals surface area (Å²) in [7, 11) is 1.52. The SMILES string of the molecule is C=CCCCc1c(OC)cnc(F)c1Cl. The van der Waals surface area contributed by atoms with Crippen LogP contribution in [0.15, 0.2) is 18.9 Å². The molecular formula is C11H13ClFNO. The van der Waals surface area contributed by atoms with Crippen LogP contribution in [-0.2, 0) is 6.42 Å². The molecule has 0 aromatic carbocycles. The number of hydrogen-bond acceptors (Lipinski definition) is 2. The molecule has 0 saturated carbocycles. The Balaban J connectivity index is 2.91. The zero-order valence-corrected chi connectivity index (χ0v) is 9.35. The molecule has 82 valence electrons. The molecule has 2 nitrogen and oxygen atoms in total. The average Bonchev–Trinajstić information content (AvgIpc) is 2.25. The van der Waals surface area contributed by atoms with Gasteiger partial charge in [0.2, 0.25) is 5.95 Å². The lowest BCUT2D eigenvalue weighted by atomic mass is 10.1. The van der Waals surface area contributed by atoms with Crippen LogP contribution in [0.1, 0.15) is 18.4 Å². The van der Waals surface area contributed by atoms with Crippen molar-refractivity contribution in [1.82, 2.24) is 4.98 Å². The topological polar surface area (TPSA) is 22.1 Å². The number of ether oxygens (including phenoxy) is 1. The molecule has 0 amide bonds. The number of unbranched alkanes of at least 4 members (excludes halogenated alkanes) is 1. The van der Waals surface area contributed by atoms with Gasteiger partial charge in [0, 0.05) is 5.56 Å². The van der Waals surface area contributed by atoms with Gasteiger partial charge in [-0.25, -0.2) is 4.98 Å². The van der Waals surface area contributed by atoms with Crippen molar-refractivity contribution in [2.45, 2.75) is 19.3 Å². The Bertz CT molecular complexity index is 355. The zero-order valence-electron chi connectivity index (χ0n) is 8.59. The maximum atomic E-state index is 13.1. The minimum Gasteiger partial charge on any atom is -0.495 e. The van der Waals surface area contributed by atoms with Crippen molar-refractivity contribution in [3.05, 3.63) is 35.4 Å². The summed E-state index contributed by atoms with van der Waals surface area (Å²) in [5, 5.41) is 0.0541. The van der Waals surface area contributed by atoms with Crippen molar-refractivity contribution >= 4 is 11.6 Å². The normalized spacial score (nSPS) is 10.1. The van der Waals surface area contributed by atoms with E-state index in [-0.39, 0.29) is 5.02 Å². The van der Waals surface area contributed by atoms with E-state index in [4.69, 9.17) is 16.3 Å². The van der Waals surface area contributed by atoms with Gasteiger partial charge in [-0.15, -0.1) is 6.58 Å². The summed E-state index contributed by atoms with van der Waals surface area (Å²) >= 11 is 5.81. The van der Waals surface area contributed by atoms with Crippen molar-refractivity contribution in [2.24, 2.45) is 0 Å². The first-order valence-electron chi connectivity index (χ1n) is 4.68. The first-order valence-corrected chi connectivity index (χ1v) is 5.06. The van der Waals surface area contributed by atoms with Gasteiger partial charge in [0.25, 0.3) is 0 Å². The van der Waals surface area contributed by atoms with Gasteiger partial charge in [0.05, 0.1) is 13.3 Å². The van der Waals surface area contributed by atoms with E-state index in [0.29, 0.717) is 17.7 Å². The number of allylic oxidation sites excluding steroid dienone is 1. The van der Waals surface area contributed by atoms with E-state index in [1.165, 1.54) is 13.3 Å². The maximum Gasteiger partial charge on any atom is 0.232 e. The summed E-state index contributed by atoms with van der Waals surface area (Å²) in [5.74, 6) is -0.114. The molecule has 4 heteroatoms.